The molecule has 23 heavy (non-hydrogen) atoms. The van der Waals surface area contributed by atoms with Gasteiger partial charge < -0.3 is 5.73 Å². The minimum absolute atomic E-state index is 0.0532. The van der Waals surface area contributed by atoms with Gasteiger partial charge in [-0.2, -0.15) is 0 Å². The second-order valence-electron chi connectivity index (χ2n) is 5.85. The molecule has 0 unspecified atom stereocenters. The monoisotopic (exact) mass is 351 g/mol. The van der Waals surface area contributed by atoms with Gasteiger partial charge in [0.15, 0.2) is 5.16 Å². The number of amides is 1. The van der Waals surface area contributed by atoms with Gasteiger partial charge in [0.05, 0.1) is 11.1 Å². The highest BCUT2D eigenvalue weighted by molar-refractivity contribution is 7.99. The van der Waals surface area contributed by atoms with Crippen molar-refractivity contribution in [2.75, 3.05) is 5.75 Å². The van der Waals surface area contributed by atoms with Crippen molar-refractivity contribution in [2.45, 2.75) is 57.1 Å². The third-order valence-corrected chi connectivity index (χ3v) is 6.30. The van der Waals surface area contributed by atoms with E-state index < -0.39 is 5.91 Å². The van der Waals surface area contributed by atoms with E-state index in [4.69, 9.17) is 5.73 Å². The molecule has 2 aromatic heterocycles. The van der Waals surface area contributed by atoms with E-state index >= 15 is 0 Å². The predicted molar refractivity (Wildman–Crippen MR) is 95.3 cm³/mol. The van der Waals surface area contributed by atoms with Crippen molar-refractivity contribution in [3.8, 4) is 0 Å². The first-order chi connectivity index (χ1) is 11.1. The Morgan fingerprint density at radius 1 is 1.39 bits per heavy atom. The maximum absolute atomic E-state index is 13.0. The number of aromatic nitrogens is 2. The summed E-state index contributed by atoms with van der Waals surface area (Å²) in [6.45, 7) is 2.79. The number of aryl methyl sites for hydroxylation is 2. The molecule has 0 aromatic carbocycles. The highest BCUT2D eigenvalue weighted by Crippen LogP contribution is 2.35. The Kier molecular flexibility index (Phi) is 5.06. The molecule has 0 aliphatic heterocycles. The van der Waals surface area contributed by atoms with Gasteiger partial charge in [-0.3, -0.25) is 14.2 Å². The number of unbranched alkanes of at least 4 members (excludes halogenated alkanes) is 2. The van der Waals surface area contributed by atoms with E-state index in [2.05, 4.69) is 11.9 Å². The molecular formula is C16H21N3O2S2. The topological polar surface area (TPSA) is 78.0 Å². The number of carbonyl (C=O) groups is 1. The van der Waals surface area contributed by atoms with Gasteiger partial charge in [0, 0.05) is 11.4 Å². The molecule has 0 bridgehead atoms. The first-order valence-electron chi connectivity index (χ1n) is 8.08. The van der Waals surface area contributed by atoms with Crippen LogP contribution in [0.5, 0.6) is 0 Å². The maximum atomic E-state index is 13.0. The number of hydrogen-bond donors (Lipinski definition) is 1. The molecule has 1 aliphatic rings. The summed E-state index contributed by atoms with van der Waals surface area (Å²) in [6, 6.07) is 0. The van der Waals surface area contributed by atoms with Crippen LogP contribution in [0.4, 0.5) is 0 Å². The van der Waals surface area contributed by atoms with E-state index in [1.807, 2.05) is 0 Å². The molecule has 0 fully saturated rings. The van der Waals surface area contributed by atoms with Crippen molar-refractivity contribution < 1.29 is 4.79 Å². The minimum Gasteiger partial charge on any atom is -0.369 e. The van der Waals surface area contributed by atoms with Crippen molar-refractivity contribution in [1.29, 1.82) is 0 Å². The average Bonchev–Trinajstić information content (AvgIpc) is 3.07. The molecule has 2 N–H and O–H groups in total. The molecule has 3 rings (SSSR count). The minimum atomic E-state index is -0.391. The molecule has 0 saturated heterocycles. The van der Waals surface area contributed by atoms with E-state index in [-0.39, 0.29) is 11.3 Å². The van der Waals surface area contributed by atoms with Crippen LogP contribution in [-0.4, -0.2) is 21.2 Å². The van der Waals surface area contributed by atoms with E-state index in [1.54, 1.807) is 15.9 Å². The van der Waals surface area contributed by atoms with Crippen LogP contribution in [0.1, 0.15) is 43.0 Å². The van der Waals surface area contributed by atoms with Crippen LogP contribution in [0.3, 0.4) is 0 Å². The fourth-order valence-electron chi connectivity index (χ4n) is 3.02. The van der Waals surface area contributed by atoms with Crippen LogP contribution in [0, 0.1) is 0 Å². The molecule has 124 valence electrons. The predicted octanol–water partition coefficient (Wildman–Crippen LogP) is 2.71. The molecule has 5 nitrogen and oxygen atoms in total. The summed E-state index contributed by atoms with van der Waals surface area (Å²) in [4.78, 5) is 30.9. The van der Waals surface area contributed by atoms with Crippen LogP contribution in [0.2, 0.25) is 0 Å². The lowest BCUT2D eigenvalue weighted by molar-refractivity contribution is -0.115. The van der Waals surface area contributed by atoms with Crippen molar-refractivity contribution in [3.05, 3.63) is 20.8 Å². The standard InChI is InChI=1S/C16H21N3O2S2/c1-2-3-4-8-19-15(21)13-10-6-5-7-11(10)23-14(13)18-16(19)22-9-12(17)20/h2-9H2,1H3,(H2,17,20). The lowest BCUT2D eigenvalue weighted by Crippen LogP contribution is -2.24. The largest absolute Gasteiger partial charge is 0.369 e. The van der Waals surface area contributed by atoms with E-state index in [1.165, 1.54) is 22.2 Å². The smallest absolute Gasteiger partial charge is 0.263 e. The molecule has 0 saturated carbocycles. The molecule has 2 aromatic rings. The zero-order valence-electron chi connectivity index (χ0n) is 13.3. The Hall–Kier alpha value is -1.34. The molecule has 1 amide bonds. The summed E-state index contributed by atoms with van der Waals surface area (Å²) in [7, 11) is 0. The number of nitrogens with two attached hydrogens (primary N) is 1. The number of rotatable bonds is 7. The molecule has 0 spiro atoms. The normalized spacial score (nSPS) is 13.6. The average molecular weight is 351 g/mol. The number of carbonyl (C=O) groups excluding carboxylic acids is 1. The Labute approximate surface area is 143 Å². The second kappa shape index (κ2) is 7.05. The van der Waals surface area contributed by atoms with Gasteiger partial charge in [-0.05, 0) is 31.2 Å². The van der Waals surface area contributed by atoms with Gasteiger partial charge in [-0.25, -0.2) is 4.98 Å². The van der Waals surface area contributed by atoms with Crippen LogP contribution in [0.25, 0.3) is 10.2 Å². The van der Waals surface area contributed by atoms with E-state index in [9.17, 15) is 9.59 Å². The number of fused-ring (bicyclic) bond motifs is 3. The third-order valence-electron chi connectivity index (χ3n) is 4.12. The van der Waals surface area contributed by atoms with Gasteiger partial charge in [-0.15, -0.1) is 11.3 Å². The number of thioether (sulfide) groups is 1. The Morgan fingerprint density at radius 2 is 2.22 bits per heavy atom. The van der Waals surface area contributed by atoms with Crippen molar-refractivity contribution >= 4 is 39.2 Å². The summed E-state index contributed by atoms with van der Waals surface area (Å²) in [5, 5.41) is 1.43. The van der Waals surface area contributed by atoms with Gasteiger partial charge in [0.25, 0.3) is 5.56 Å². The van der Waals surface area contributed by atoms with Crippen molar-refractivity contribution in [2.24, 2.45) is 5.73 Å². The second-order valence-corrected chi connectivity index (χ2v) is 7.88. The van der Waals surface area contributed by atoms with Gasteiger partial charge in [0.2, 0.25) is 5.91 Å². The zero-order valence-corrected chi connectivity index (χ0v) is 14.9. The Morgan fingerprint density at radius 3 is 2.96 bits per heavy atom. The number of hydrogen-bond acceptors (Lipinski definition) is 5. The lowest BCUT2D eigenvalue weighted by atomic mass is 10.2. The Balaban J connectivity index is 2.06. The fraction of sp³-hybridized carbons (Fsp3) is 0.562. The summed E-state index contributed by atoms with van der Waals surface area (Å²) < 4.78 is 1.75. The molecule has 7 heteroatoms. The molecule has 0 radical (unpaired) electrons. The quantitative estimate of drug-likeness (QED) is 0.473. The molecule has 1 aliphatic carbocycles. The first kappa shape index (κ1) is 16.5. The molecular weight excluding hydrogens is 330 g/mol. The zero-order chi connectivity index (χ0) is 16.4. The number of thiophene rings is 1. The van der Waals surface area contributed by atoms with Gasteiger partial charge in [-0.1, -0.05) is 31.5 Å². The van der Waals surface area contributed by atoms with Gasteiger partial charge >= 0.3 is 0 Å². The van der Waals surface area contributed by atoms with Crippen LogP contribution >= 0.6 is 23.1 Å². The molecule has 2 heterocycles. The SMILES string of the molecule is CCCCCn1c(SCC(N)=O)nc2sc3c(c2c1=O)CCC3. The van der Waals surface area contributed by atoms with E-state index in [0.717, 1.165) is 48.7 Å². The van der Waals surface area contributed by atoms with Gasteiger partial charge in [0.1, 0.15) is 4.83 Å². The fourth-order valence-corrected chi connectivity index (χ4v) is 5.09. The third kappa shape index (κ3) is 3.30. The Bertz CT molecular complexity index is 795. The first-order valence-corrected chi connectivity index (χ1v) is 9.88. The summed E-state index contributed by atoms with van der Waals surface area (Å²) in [5.74, 6) is -0.241. The summed E-state index contributed by atoms with van der Waals surface area (Å²) in [5.41, 5.74) is 6.51. The summed E-state index contributed by atoms with van der Waals surface area (Å²) in [6.07, 6.45) is 6.28. The van der Waals surface area contributed by atoms with Crippen LogP contribution in [-0.2, 0) is 24.2 Å². The van der Waals surface area contributed by atoms with E-state index in [0.29, 0.717) is 11.7 Å². The highest BCUT2D eigenvalue weighted by Gasteiger charge is 2.23. The molecule has 0 atom stereocenters. The van der Waals surface area contributed by atoms with Crippen LogP contribution in [0.15, 0.2) is 9.95 Å². The number of nitrogens with zero attached hydrogens (tertiary/aromatic N) is 2. The van der Waals surface area contributed by atoms with Crippen LogP contribution < -0.4 is 11.3 Å². The summed E-state index contributed by atoms with van der Waals surface area (Å²) >= 11 is 2.90. The number of primary amides is 1. The highest BCUT2D eigenvalue weighted by atomic mass is 32.2. The van der Waals surface area contributed by atoms with Crippen molar-refractivity contribution in [1.82, 2.24) is 9.55 Å². The lowest BCUT2D eigenvalue weighted by Gasteiger charge is -2.11. The maximum Gasteiger partial charge on any atom is 0.263 e. The van der Waals surface area contributed by atoms with Crippen molar-refractivity contribution in [3.63, 3.8) is 0 Å².